The van der Waals surface area contributed by atoms with Gasteiger partial charge in [-0.2, -0.15) is 0 Å². The van der Waals surface area contributed by atoms with Gasteiger partial charge in [-0.1, -0.05) is 56.3 Å². The van der Waals surface area contributed by atoms with Crippen LogP contribution in [0.5, 0.6) is 0 Å². The van der Waals surface area contributed by atoms with E-state index in [2.05, 4.69) is 41.2 Å². The van der Waals surface area contributed by atoms with E-state index >= 15 is 0 Å². The van der Waals surface area contributed by atoms with Crippen molar-refractivity contribution in [3.8, 4) is 0 Å². The Labute approximate surface area is 188 Å². The summed E-state index contributed by atoms with van der Waals surface area (Å²) in [7, 11) is 5.67. The molecule has 1 aromatic carbocycles. The Kier molecular flexibility index (Phi) is 10.0. The number of piperidine rings is 1. The zero-order valence-electron chi connectivity index (χ0n) is 19.9. The lowest BCUT2D eigenvalue weighted by atomic mass is 9.71. The number of ether oxygens (including phenoxy) is 1. The second-order valence-corrected chi connectivity index (χ2v) is 8.81. The minimum Gasteiger partial charge on any atom is -0.445 e. The first-order valence-corrected chi connectivity index (χ1v) is 11.3. The van der Waals surface area contributed by atoms with Crippen LogP contribution in [-0.2, 0) is 11.3 Å². The molecule has 1 aromatic rings. The van der Waals surface area contributed by atoms with Crippen LogP contribution in [0.15, 0.2) is 47.5 Å². The number of carbonyl (C=O) groups is 1. The summed E-state index contributed by atoms with van der Waals surface area (Å²) in [6.45, 7) is 8.31. The van der Waals surface area contributed by atoms with Crippen molar-refractivity contribution in [2.45, 2.75) is 39.7 Å². The molecule has 1 unspecified atom stereocenters. The molecule has 0 spiro atoms. The maximum Gasteiger partial charge on any atom is 0.409 e. The molecule has 1 heterocycles. The van der Waals surface area contributed by atoms with Gasteiger partial charge in [0.05, 0.1) is 0 Å². The highest BCUT2D eigenvalue weighted by molar-refractivity contribution is 5.83. The first-order chi connectivity index (χ1) is 14.9. The number of benzene rings is 1. The topological polar surface area (TPSA) is 57.2 Å². The fourth-order valence-corrected chi connectivity index (χ4v) is 4.28. The summed E-state index contributed by atoms with van der Waals surface area (Å²) in [6, 6.07) is 9.82. The van der Waals surface area contributed by atoms with Crippen LogP contribution in [0, 0.1) is 11.3 Å². The molecular formula is C25H40N4O2. The minimum absolute atomic E-state index is 0.0173. The molecule has 0 saturated carbocycles. The van der Waals surface area contributed by atoms with E-state index in [4.69, 9.17) is 4.74 Å². The summed E-state index contributed by atoms with van der Waals surface area (Å²) < 4.78 is 5.56. The lowest BCUT2D eigenvalue weighted by Gasteiger charge is -2.48. The summed E-state index contributed by atoms with van der Waals surface area (Å²) in [4.78, 5) is 21.4. The molecule has 0 radical (unpaired) electrons. The highest BCUT2D eigenvalue weighted by Crippen LogP contribution is 2.38. The first kappa shape index (κ1) is 24.9. The van der Waals surface area contributed by atoms with E-state index in [-0.39, 0.29) is 11.5 Å². The van der Waals surface area contributed by atoms with Crippen molar-refractivity contribution in [2.75, 3.05) is 47.3 Å². The highest BCUT2D eigenvalue weighted by atomic mass is 16.6. The van der Waals surface area contributed by atoms with Crippen molar-refractivity contribution >= 4 is 11.9 Å². The molecule has 1 fully saturated rings. The van der Waals surface area contributed by atoms with Crippen molar-refractivity contribution in [3.05, 3.63) is 48.0 Å². The fourth-order valence-electron chi connectivity index (χ4n) is 4.28. The molecule has 31 heavy (non-hydrogen) atoms. The quantitative estimate of drug-likeness (QED) is 0.364. The second-order valence-electron chi connectivity index (χ2n) is 8.81. The van der Waals surface area contributed by atoms with Gasteiger partial charge in [-0.15, -0.1) is 0 Å². The van der Waals surface area contributed by atoms with Gasteiger partial charge in [-0.3, -0.25) is 4.99 Å². The van der Waals surface area contributed by atoms with Crippen LogP contribution in [0.25, 0.3) is 0 Å². The summed E-state index contributed by atoms with van der Waals surface area (Å²) in [6.07, 6.45) is 7.09. The third kappa shape index (κ3) is 7.39. The first-order valence-electron chi connectivity index (χ1n) is 11.3. The fraction of sp³-hybridized carbons (Fsp3) is 0.600. The van der Waals surface area contributed by atoms with Crippen LogP contribution < -0.4 is 5.32 Å². The Balaban J connectivity index is 2.01. The predicted octanol–water partition coefficient (Wildman–Crippen LogP) is 4.19. The van der Waals surface area contributed by atoms with Gasteiger partial charge < -0.3 is 19.9 Å². The lowest BCUT2D eigenvalue weighted by molar-refractivity contribution is 0.0354. The van der Waals surface area contributed by atoms with Crippen molar-refractivity contribution < 1.29 is 9.53 Å². The normalized spacial score (nSPS) is 19.8. The number of likely N-dealkylation sites (tertiary alicyclic amines) is 1. The van der Waals surface area contributed by atoms with E-state index in [1.807, 2.05) is 51.5 Å². The number of nitrogens with one attached hydrogen (secondary N) is 1. The van der Waals surface area contributed by atoms with E-state index in [9.17, 15) is 4.79 Å². The number of nitrogens with zero attached hydrogens (tertiary/aromatic N) is 3. The SMILES string of the molecule is CN=C(C/C=C\CNC)N1CCCC(CN(C)C(=O)OCc2ccccc2)(C(C)C)C1. The Morgan fingerprint density at radius 2 is 2.06 bits per heavy atom. The number of amidine groups is 1. The molecule has 172 valence electrons. The van der Waals surface area contributed by atoms with Crippen LogP contribution in [0.2, 0.25) is 0 Å². The number of amides is 1. The number of hydrogen-bond acceptors (Lipinski definition) is 4. The zero-order chi connectivity index (χ0) is 22.7. The Morgan fingerprint density at radius 1 is 1.32 bits per heavy atom. The minimum atomic E-state index is -0.264. The Bertz CT molecular complexity index is 732. The highest BCUT2D eigenvalue weighted by Gasteiger charge is 2.40. The molecule has 1 atom stereocenters. The van der Waals surface area contributed by atoms with Crippen molar-refractivity contribution in [2.24, 2.45) is 16.3 Å². The molecule has 1 amide bonds. The average molecular weight is 429 g/mol. The molecule has 0 aromatic heterocycles. The van der Waals surface area contributed by atoms with Gasteiger partial charge in [0.2, 0.25) is 0 Å². The van der Waals surface area contributed by atoms with Crippen LogP contribution in [0.1, 0.15) is 38.7 Å². The number of hydrogen-bond donors (Lipinski definition) is 1. The summed E-state index contributed by atoms with van der Waals surface area (Å²) in [5.41, 5.74) is 1.02. The van der Waals surface area contributed by atoms with E-state index in [1.165, 1.54) is 0 Å². The van der Waals surface area contributed by atoms with Gasteiger partial charge in [0.1, 0.15) is 12.4 Å². The van der Waals surface area contributed by atoms with E-state index in [0.29, 0.717) is 19.1 Å². The Morgan fingerprint density at radius 3 is 2.71 bits per heavy atom. The summed E-state index contributed by atoms with van der Waals surface area (Å²) in [5.74, 6) is 1.56. The molecule has 1 aliphatic heterocycles. The van der Waals surface area contributed by atoms with Gasteiger partial charge in [0.15, 0.2) is 0 Å². The lowest BCUT2D eigenvalue weighted by Crippen LogP contribution is -2.53. The van der Waals surface area contributed by atoms with E-state index in [0.717, 1.165) is 50.3 Å². The van der Waals surface area contributed by atoms with Crippen LogP contribution in [-0.4, -0.2) is 69.1 Å². The zero-order valence-corrected chi connectivity index (χ0v) is 19.9. The smallest absolute Gasteiger partial charge is 0.409 e. The monoisotopic (exact) mass is 428 g/mol. The summed E-state index contributed by atoms with van der Waals surface area (Å²) >= 11 is 0. The third-order valence-electron chi connectivity index (χ3n) is 6.31. The van der Waals surface area contributed by atoms with Gasteiger partial charge in [-0.25, -0.2) is 4.79 Å². The maximum atomic E-state index is 12.7. The number of carbonyl (C=O) groups excluding carboxylic acids is 1. The van der Waals surface area contributed by atoms with Crippen molar-refractivity contribution in [3.63, 3.8) is 0 Å². The van der Waals surface area contributed by atoms with Crippen LogP contribution in [0.3, 0.4) is 0 Å². The van der Waals surface area contributed by atoms with Gasteiger partial charge in [-0.05, 0) is 31.4 Å². The number of likely N-dealkylation sites (N-methyl/N-ethyl adjacent to an activating group) is 1. The maximum absolute atomic E-state index is 12.7. The molecule has 2 rings (SSSR count). The third-order valence-corrected chi connectivity index (χ3v) is 6.31. The Hall–Kier alpha value is -2.34. The molecule has 1 saturated heterocycles. The largest absolute Gasteiger partial charge is 0.445 e. The molecule has 1 aliphatic rings. The molecule has 6 heteroatoms. The van der Waals surface area contributed by atoms with E-state index in [1.54, 1.807) is 4.90 Å². The van der Waals surface area contributed by atoms with Crippen molar-refractivity contribution in [1.82, 2.24) is 15.1 Å². The van der Waals surface area contributed by atoms with Gasteiger partial charge in [0.25, 0.3) is 0 Å². The van der Waals surface area contributed by atoms with Gasteiger partial charge >= 0.3 is 6.09 Å². The molecule has 0 bridgehead atoms. The molecular weight excluding hydrogens is 388 g/mol. The standard InChI is InChI=1S/C25H40N4O2/c1-21(2)25(19-28(5)24(30)31-18-22-12-7-6-8-13-22)15-11-17-29(20-25)23(27-4)14-9-10-16-26-3/h6-10,12-13,21,26H,11,14-20H2,1-5H3/b10-9-,27-23?. The average Bonchev–Trinajstić information content (AvgIpc) is 2.78. The molecule has 0 aliphatic carbocycles. The molecule has 6 nitrogen and oxygen atoms in total. The predicted molar refractivity (Wildman–Crippen MR) is 128 cm³/mol. The summed E-state index contributed by atoms with van der Waals surface area (Å²) in [5, 5.41) is 3.13. The number of rotatable bonds is 9. The van der Waals surface area contributed by atoms with Gasteiger partial charge in [0, 0.05) is 52.1 Å². The van der Waals surface area contributed by atoms with Crippen LogP contribution >= 0.6 is 0 Å². The second kappa shape index (κ2) is 12.5. The van der Waals surface area contributed by atoms with E-state index < -0.39 is 0 Å². The van der Waals surface area contributed by atoms with Crippen molar-refractivity contribution in [1.29, 1.82) is 0 Å². The van der Waals surface area contributed by atoms with Crippen LogP contribution in [0.4, 0.5) is 4.79 Å². The molecule has 1 N–H and O–H groups in total. The number of aliphatic imine (C=N–C) groups is 1.